The van der Waals surface area contributed by atoms with E-state index in [2.05, 4.69) is 72.2 Å². The number of thiophene rings is 1. The van der Waals surface area contributed by atoms with Crippen molar-refractivity contribution in [2.24, 2.45) is 0 Å². The Hall–Kier alpha value is -1.64. The number of benzene rings is 2. The molecule has 2 aromatic carbocycles. The molecule has 0 aliphatic carbocycles. The highest BCUT2D eigenvalue weighted by molar-refractivity contribution is 7.09. The molecule has 0 saturated carbocycles. The van der Waals surface area contributed by atoms with Crippen molar-refractivity contribution < 1.29 is 0 Å². The van der Waals surface area contributed by atoms with Crippen LogP contribution in [0.3, 0.4) is 0 Å². The molecule has 0 saturated heterocycles. The van der Waals surface area contributed by atoms with E-state index in [0.717, 1.165) is 6.54 Å². The quantitative estimate of drug-likeness (QED) is 0.562. The van der Waals surface area contributed by atoms with Crippen LogP contribution in [0.4, 0.5) is 0 Å². The van der Waals surface area contributed by atoms with E-state index in [0.29, 0.717) is 6.04 Å². The maximum Gasteiger partial charge on any atom is 0.0297 e. The summed E-state index contributed by atoms with van der Waals surface area (Å²) in [5.41, 5.74) is 1.40. The highest BCUT2D eigenvalue weighted by Crippen LogP contribution is 2.24. The molecule has 3 rings (SSSR count). The third-order valence-corrected chi connectivity index (χ3v) is 5.11. The Morgan fingerprint density at radius 1 is 0.955 bits per heavy atom. The molecule has 0 fully saturated rings. The van der Waals surface area contributed by atoms with Gasteiger partial charge in [-0.05, 0) is 60.5 Å². The van der Waals surface area contributed by atoms with Crippen molar-refractivity contribution in [2.45, 2.75) is 32.2 Å². The van der Waals surface area contributed by atoms with Crippen LogP contribution in [-0.2, 0) is 6.42 Å². The van der Waals surface area contributed by atoms with Crippen molar-refractivity contribution in [3.63, 3.8) is 0 Å². The van der Waals surface area contributed by atoms with Gasteiger partial charge in [-0.25, -0.2) is 0 Å². The minimum absolute atomic E-state index is 0.396. The van der Waals surface area contributed by atoms with E-state index in [9.17, 15) is 0 Å². The van der Waals surface area contributed by atoms with Crippen LogP contribution in [0.5, 0.6) is 0 Å². The van der Waals surface area contributed by atoms with Crippen LogP contribution in [-0.4, -0.2) is 6.54 Å². The first kappa shape index (κ1) is 15.3. The highest BCUT2D eigenvalue weighted by atomic mass is 32.1. The van der Waals surface area contributed by atoms with Gasteiger partial charge in [0, 0.05) is 10.9 Å². The Kier molecular flexibility index (Phi) is 5.25. The molecule has 3 aromatic rings. The lowest BCUT2D eigenvalue weighted by atomic mass is 9.99. The van der Waals surface area contributed by atoms with Gasteiger partial charge in [-0.3, -0.25) is 0 Å². The van der Waals surface area contributed by atoms with Crippen molar-refractivity contribution >= 4 is 22.1 Å². The fraction of sp³-hybridized carbons (Fsp3) is 0.300. The molecule has 0 radical (unpaired) electrons. The third kappa shape index (κ3) is 3.76. The Bertz CT molecular complexity index is 697. The van der Waals surface area contributed by atoms with Gasteiger partial charge in [0.1, 0.15) is 0 Å². The first-order chi connectivity index (χ1) is 10.8. The molecular formula is C20H23NS. The number of nitrogens with one attached hydrogen (secondary N) is 1. The molecule has 1 heterocycles. The molecule has 0 aliphatic rings. The number of aryl methyl sites for hydroxylation is 1. The summed E-state index contributed by atoms with van der Waals surface area (Å²) in [7, 11) is 0. The summed E-state index contributed by atoms with van der Waals surface area (Å²) in [6, 6.07) is 20.0. The van der Waals surface area contributed by atoms with E-state index in [1.165, 1.54) is 40.5 Å². The van der Waals surface area contributed by atoms with E-state index in [1.807, 2.05) is 11.3 Å². The standard InChI is InChI=1S/C20H23NS/c1-16(21-14-5-4-10-18-11-7-15-22-18)19-13-6-9-17-8-2-3-12-20(17)19/h2-3,6-9,11-13,15-16,21H,4-5,10,14H2,1H3. The first-order valence-electron chi connectivity index (χ1n) is 8.08. The van der Waals surface area contributed by atoms with Crippen molar-refractivity contribution in [1.29, 1.82) is 0 Å². The van der Waals surface area contributed by atoms with Gasteiger partial charge in [0.15, 0.2) is 0 Å². The van der Waals surface area contributed by atoms with Crippen LogP contribution >= 0.6 is 11.3 Å². The van der Waals surface area contributed by atoms with Gasteiger partial charge in [0.2, 0.25) is 0 Å². The van der Waals surface area contributed by atoms with Crippen molar-refractivity contribution in [3.8, 4) is 0 Å². The summed E-state index contributed by atoms with van der Waals surface area (Å²) >= 11 is 1.87. The molecule has 1 N–H and O–H groups in total. The summed E-state index contributed by atoms with van der Waals surface area (Å²) in [4.78, 5) is 1.50. The molecule has 1 unspecified atom stereocenters. The maximum absolute atomic E-state index is 3.67. The molecule has 1 nitrogen and oxygen atoms in total. The van der Waals surface area contributed by atoms with Crippen LogP contribution in [0, 0.1) is 0 Å². The minimum atomic E-state index is 0.396. The second-order valence-corrected chi connectivity index (χ2v) is 6.81. The summed E-state index contributed by atoms with van der Waals surface area (Å²) in [5, 5.41) is 8.53. The number of unbranched alkanes of at least 4 members (excludes halogenated alkanes) is 1. The summed E-state index contributed by atoms with van der Waals surface area (Å²) in [5.74, 6) is 0. The maximum atomic E-state index is 3.67. The van der Waals surface area contributed by atoms with Crippen LogP contribution in [0.15, 0.2) is 60.0 Å². The number of fused-ring (bicyclic) bond motifs is 1. The fourth-order valence-electron chi connectivity index (χ4n) is 2.94. The van der Waals surface area contributed by atoms with Crippen LogP contribution in [0.1, 0.15) is 36.2 Å². The SMILES string of the molecule is CC(NCCCCc1cccs1)c1cccc2ccccc12. The first-order valence-corrected chi connectivity index (χ1v) is 8.96. The fourth-order valence-corrected chi connectivity index (χ4v) is 3.69. The van der Waals surface area contributed by atoms with Gasteiger partial charge in [0.25, 0.3) is 0 Å². The largest absolute Gasteiger partial charge is 0.310 e. The van der Waals surface area contributed by atoms with E-state index in [1.54, 1.807) is 0 Å². The molecule has 0 amide bonds. The predicted octanol–water partition coefficient (Wildman–Crippen LogP) is 5.57. The van der Waals surface area contributed by atoms with E-state index < -0.39 is 0 Å². The molecule has 114 valence electrons. The van der Waals surface area contributed by atoms with E-state index in [4.69, 9.17) is 0 Å². The lowest BCUT2D eigenvalue weighted by Crippen LogP contribution is -2.20. The Morgan fingerprint density at radius 2 is 1.82 bits per heavy atom. The van der Waals surface area contributed by atoms with Crippen molar-refractivity contribution in [3.05, 3.63) is 70.4 Å². The van der Waals surface area contributed by atoms with Gasteiger partial charge >= 0.3 is 0 Å². The molecule has 22 heavy (non-hydrogen) atoms. The molecule has 2 heteroatoms. The highest BCUT2D eigenvalue weighted by Gasteiger charge is 2.08. The van der Waals surface area contributed by atoms with Gasteiger partial charge in [-0.2, -0.15) is 0 Å². The van der Waals surface area contributed by atoms with Crippen LogP contribution < -0.4 is 5.32 Å². The lowest BCUT2D eigenvalue weighted by Gasteiger charge is -2.16. The molecular weight excluding hydrogens is 286 g/mol. The summed E-state index contributed by atoms with van der Waals surface area (Å²) in [6.07, 6.45) is 3.70. The van der Waals surface area contributed by atoms with Crippen LogP contribution in [0.2, 0.25) is 0 Å². The Morgan fingerprint density at radius 3 is 2.68 bits per heavy atom. The van der Waals surface area contributed by atoms with Gasteiger partial charge in [-0.15, -0.1) is 11.3 Å². The number of rotatable bonds is 7. The van der Waals surface area contributed by atoms with E-state index in [-0.39, 0.29) is 0 Å². The predicted molar refractivity (Wildman–Crippen MR) is 97.6 cm³/mol. The molecule has 0 aliphatic heterocycles. The van der Waals surface area contributed by atoms with Gasteiger partial charge in [-0.1, -0.05) is 48.5 Å². The zero-order chi connectivity index (χ0) is 15.2. The Balaban J connectivity index is 1.52. The number of hydrogen-bond acceptors (Lipinski definition) is 2. The molecule has 0 bridgehead atoms. The summed E-state index contributed by atoms with van der Waals surface area (Å²) < 4.78 is 0. The van der Waals surface area contributed by atoms with E-state index >= 15 is 0 Å². The Labute approximate surface area is 137 Å². The zero-order valence-corrected chi connectivity index (χ0v) is 13.9. The average molecular weight is 309 g/mol. The molecule has 1 aromatic heterocycles. The third-order valence-electron chi connectivity index (χ3n) is 4.17. The summed E-state index contributed by atoms with van der Waals surface area (Å²) in [6.45, 7) is 3.34. The minimum Gasteiger partial charge on any atom is -0.310 e. The second-order valence-electron chi connectivity index (χ2n) is 5.78. The second kappa shape index (κ2) is 7.57. The smallest absolute Gasteiger partial charge is 0.0297 e. The number of hydrogen-bond donors (Lipinski definition) is 1. The van der Waals surface area contributed by atoms with Crippen LogP contribution in [0.25, 0.3) is 10.8 Å². The molecule has 0 spiro atoms. The molecule has 1 atom stereocenters. The van der Waals surface area contributed by atoms with Gasteiger partial charge in [0.05, 0.1) is 0 Å². The normalized spacial score (nSPS) is 12.6. The topological polar surface area (TPSA) is 12.0 Å². The van der Waals surface area contributed by atoms with Crippen molar-refractivity contribution in [1.82, 2.24) is 5.32 Å². The monoisotopic (exact) mass is 309 g/mol. The zero-order valence-electron chi connectivity index (χ0n) is 13.1. The average Bonchev–Trinajstić information content (AvgIpc) is 3.07. The lowest BCUT2D eigenvalue weighted by molar-refractivity contribution is 0.550. The van der Waals surface area contributed by atoms with Gasteiger partial charge < -0.3 is 5.32 Å². The van der Waals surface area contributed by atoms with Crippen molar-refractivity contribution in [2.75, 3.05) is 6.54 Å².